The van der Waals surface area contributed by atoms with E-state index < -0.39 is 0 Å². The topological polar surface area (TPSA) is 43.1 Å². The van der Waals surface area contributed by atoms with Crippen molar-refractivity contribution in [3.05, 3.63) is 60.2 Å². The maximum absolute atomic E-state index is 13.5. The Morgan fingerprint density at radius 3 is 2.40 bits per heavy atom. The molecule has 1 aromatic rings. The van der Waals surface area contributed by atoms with Crippen molar-refractivity contribution in [2.45, 2.75) is 64.8 Å². The van der Waals surface area contributed by atoms with Crippen LogP contribution >= 0.6 is 0 Å². The van der Waals surface area contributed by atoms with Gasteiger partial charge in [-0.3, -0.25) is 4.79 Å². The highest BCUT2D eigenvalue weighted by Crippen LogP contribution is 2.37. The van der Waals surface area contributed by atoms with Crippen LogP contribution in [0.4, 0.5) is 0 Å². The van der Waals surface area contributed by atoms with E-state index in [9.17, 15) is 4.79 Å². The molecular formula is C23H33NO. The predicted octanol–water partition coefficient (Wildman–Crippen LogP) is 5.23. The molecule has 2 atom stereocenters. The Labute approximate surface area is 153 Å². The van der Waals surface area contributed by atoms with E-state index >= 15 is 0 Å². The van der Waals surface area contributed by atoms with Gasteiger partial charge in [-0.05, 0) is 43.6 Å². The van der Waals surface area contributed by atoms with Crippen molar-refractivity contribution in [3.8, 4) is 0 Å². The molecule has 2 nitrogen and oxygen atoms in total. The van der Waals surface area contributed by atoms with E-state index in [1.54, 1.807) is 0 Å². The lowest BCUT2D eigenvalue weighted by atomic mass is 9.68. The lowest BCUT2D eigenvalue weighted by Gasteiger charge is -2.35. The fourth-order valence-electron chi connectivity index (χ4n) is 4.21. The van der Waals surface area contributed by atoms with Gasteiger partial charge in [0.15, 0.2) is 5.78 Å². The van der Waals surface area contributed by atoms with Crippen molar-refractivity contribution in [2.24, 2.45) is 17.1 Å². The van der Waals surface area contributed by atoms with Gasteiger partial charge in [0.1, 0.15) is 0 Å². The predicted molar refractivity (Wildman–Crippen MR) is 106 cm³/mol. The standard InChI is InChI=1S/C23H33NO/c1-3-15-23(16-4-2,18-20-13-9-6-10-14-20)22(25)21(24)17-19-11-7-5-8-12-19/h5-11,13-14,19,21H,3-4,12,15-18,24H2,1-2H3/t19-,21?/m0/s1. The first-order valence-electron chi connectivity index (χ1n) is 9.78. The Hall–Kier alpha value is -1.67. The Bertz CT molecular complexity index is 581. The molecular weight excluding hydrogens is 306 g/mol. The molecule has 2 rings (SSSR count). The number of carbonyl (C=O) groups is 1. The number of Topliss-reactive ketones (excluding diaryl/α,β-unsaturated/α-hetero) is 1. The van der Waals surface area contributed by atoms with Crippen LogP contribution < -0.4 is 5.73 Å². The molecule has 0 amide bonds. The van der Waals surface area contributed by atoms with Gasteiger partial charge in [-0.25, -0.2) is 0 Å². The van der Waals surface area contributed by atoms with Crippen molar-refractivity contribution >= 4 is 5.78 Å². The van der Waals surface area contributed by atoms with Crippen LogP contribution in [0.2, 0.25) is 0 Å². The highest BCUT2D eigenvalue weighted by atomic mass is 16.1. The monoisotopic (exact) mass is 339 g/mol. The average molecular weight is 340 g/mol. The molecule has 0 heterocycles. The molecule has 25 heavy (non-hydrogen) atoms. The Morgan fingerprint density at radius 1 is 1.16 bits per heavy atom. The zero-order chi connectivity index (χ0) is 18.1. The summed E-state index contributed by atoms with van der Waals surface area (Å²) in [6.45, 7) is 4.34. The van der Waals surface area contributed by atoms with Crippen LogP contribution in [0.5, 0.6) is 0 Å². The summed E-state index contributed by atoms with van der Waals surface area (Å²) in [6.07, 6.45) is 14.9. The van der Waals surface area contributed by atoms with E-state index in [0.29, 0.717) is 5.92 Å². The van der Waals surface area contributed by atoms with Crippen LogP contribution in [0.25, 0.3) is 0 Å². The molecule has 0 aliphatic heterocycles. The fraction of sp³-hybridized carbons (Fsp3) is 0.522. The maximum Gasteiger partial charge on any atom is 0.155 e. The highest BCUT2D eigenvalue weighted by molar-refractivity contribution is 5.89. The second-order valence-corrected chi connectivity index (χ2v) is 7.46. The van der Waals surface area contributed by atoms with E-state index in [1.807, 2.05) is 6.07 Å². The van der Waals surface area contributed by atoms with Gasteiger partial charge < -0.3 is 5.73 Å². The SMILES string of the molecule is CCCC(CCC)(Cc1ccccc1)C(=O)C(N)C[C@H]1C=CC=CC1. The Kier molecular flexibility index (Phi) is 7.64. The third kappa shape index (κ3) is 5.40. The van der Waals surface area contributed by atoms with Crippen LogP contribution in [0.15, 0.2) is 54.6 Å². The molecule has 2 N–H and O–H groups in total. The van der Waals surface area contributed by atoms with Crippen molar-refractivity contribution in [1.29, 1.82) is 0 Å². The van der Waals surface area contributed by atoms with E-state index in [4.69, 9.17) is 5.73 Å². The first kappa shape index (κ1) is 19.7. The second-order valence-electron chi connectivity index (χ2n) is 7.46. The minimum Gasteiger partial charge on any atom is -0.321 e. The van der Waals surface area contributed by atoms with Gasteiger partial charge in [0.2, 0.25) is 0 Å². The molecule has 2 heteroatoms. The van der Waals surface area contributed by atoms with Crippen LogP contribution in [0.1, 0.15) is 57.9 Å². The molecule has 1 aromatic carbocycles. The van der Waals surface area contributed by atoms with Gasteiger partial charge in [0.25, 0.3) is 0 Å². The Morgan fingerprint density at radius 2 is 1.84 bits per heavy atom. The molecule has 1 unspecified atom stereocenters. The number of benzene rings is 1. The van der Waals surface area contributed by atoms with Gasteiger partial charge in [0.05, 0.1) is 6.04 Å². The molecule has 0 aromatic heterocycles. The highest BCUT2D eigenvalue weighted by Gasteiger charge is 2.39. The van der Waals surface area contributed by atoms with Crippen molar-refractivity contribution < 1.29 is 4.79 Å². The summed E-state index contributed by atoms with van der Waals surface area (Å²) in [4.78, 5) is 13.5. The minimum absolute atomic E-state index is 0.267. The van der Waals surface area contributed by atoms with E-state index in [1.165, 1.54) is 5.56 Å². The number of nitrogens with two attached hydrogens (primary N) is 1. The van der Waals surface area contributed by atoms with Gasteiger partial charge in [-0.15, -0.1) is 0 Å². The number of ketones is 1. The van der Waals surface area contributed by atoms with Crippen LogP contribution in [0, 0.1) is 11.3 Å². The van der Waals surface area contributed by atoms with E-state index in [0.717, 1.165) is 44.9 Å². The molecule has 0 fully saturated rings. The van der Waals surface area contributed by atoms with E-state index in [2.05, 4.69) is 62.4 Å². The van der Waals surface area contributed by atoms with E-state index in [-0.39, 0.29) is 17.2 Å². The number of allylic oxidation sites excluding steroid dienone is 4. The largest absolute Gasteiger partial charge is 0.321 e. The molecule has 0 radical (unpaired) electrons. The molecule has 136 valence electrons. The number of hydrogen-bond donors (Lipinski definition) is 1. The first-order valence-corrected chi connectivity index (χ1v) is 9.78. The lowest BCUT2D eigenvalue weighted by molar-refractivity contribution is -0.131. The second kappa shape index (κ2) is 9.72. The van der Waals surface area contributed by atoms with Crippen molar-refractivity contribution in [3.63, 3.8) is 0 Å². The summed E-state index contributed by atoms with van der Waals surface area (Å²) in [5.74, 6) is 0.657. The molecule has 0 saturated heterocycles. The molecule has 0 saturated carbocycles. The van der Waals surface area contributed by atoms with Crippen LogP contribution in [-0.2, 0) is 11.2 Å². The zero-order valence-electron chi connectivity index (χ0n) is 15.8. The quantitative estimate of drug-likeness (QED) is 0.634. The van der Waals surface area contributed by atoms with Gasteiger partial charge in [-0.1, -0.05) is 81.3 Å². The lowest BCUT2D eigenvalue weighted by Crippen LogP contribution is -2.45. The summed E-state index contributed by atoms with van der Waals surface area (Å²) in [7, 11) is 0. The Balaban J connectivity index is 2.18. The van der Waals surface area contributed by atoms with Gasteiger partial charge in [0, 0.05) is 5.41 Å². The van der Waals surface area contributed by atoms with Crippen LogP contribution in [-0.4, -0.2) is 11.8 Å². The third-order valence-electron chi connectivity index (χ3n) is 5.33. The summed E-state index contributed by atoms with van der Waals surface area (Å²) in [6, 6.07) is 10.0. The van der Waals surface area contributed by atoms with Crippen LogP contribution in [0.3, 0.4) is 0 Å². The summed E-state index contributed by atoms with van der Waals surface area (Å²) in [5, 5.41) is 0. The van der Waals surface area contributed by atoms with Crippen molar-refractivity contribution in [2.75, 3.05) is 0 Å². The fourth-order valence-corrected chi connectivity index (χ4v) is 4.21. The molecule has 1 aliphatic rings. The van der Waals surface area contributed by atoms with Gasteiger partial charge >= 0.3 is 0 Å². The maximum atomic E-state index is 13.5. The summed E-state index contributed by atoms with van der Waals surface area (Å²) >= 11 is 0. The minimum atomic E-state index is -0.372. The summed E-state index contributed by atoms with van der Waals surface area (Å²) < 4.78 is 0. The molecule has 1 aliphatic carbocycles. The number of rotatable bonds is 10. The first-order chi connectivity index (χ1) is 12.1. The number of hydrogen-bond acceptors (Lipinski definition) is 2. The zero-order valence-corrected chi connectivity index (χ0v) is 15.8. The molecule has 0 bridgehead atoms. The average Bonchev–Trinajstić information content (AvgIpc) is 2.63. The van der Waals surface area contributed by atoms with Gasteiger partial charge in [-0.2, -0.15) is 0 Å². The smallest absolute Gasteiger partial charge is 0.155 e. The number of carbonyl (C=O) groups excluding carboxylic acids is 1. The third-order valence-corrected chi connectivity index (χ3v) is 5.33. The summed E-state index contributed by atoms with van der Waals surface area (Å²) in [5.41, 5.74) is 7.36. The molecule has 0 spiro atoms. The van der Waals surface area contributed by atoms with Crippen molar-refractivity contribution in [1.82, 2.24) is 0 Å². The normalized spacial score (nSPS) is 18.3.